The van der Waals surface area contributed by atoms with Gasteiger partial charge in [0.05, 0.1) is 17.1 Å². The number of hydrogen-bond acceptors (Lipinski definition) is 2. The summed E-state index contributed by atoms with van der Waals surface area (Å²) in [6.45, 7) is 3.91. The molecule has 0 bridgehead atoms. The maximum absolute atomic E-state index is 11.8. The van der Waals surface area contributed by atoms with E-state index >= 15 is 0 Å². The smallest absolute Gasteiger partial charge is 0.328 e. The summed E-state index contributed by atoms with van der Waals surface area (Å²) in [7, 11) is 3.52. The van der Waals surface area contributed by atoms with E-state index in [-0.39, 0.29) is 5.69 Å². The zero-order valence-electron chi connectivity index (χ0n) is 10.7. The van der Waals surface area contributed by atoms with Gasteiger partial charge in [-0.2, -0.15) is 0 Å². The van der Waals surface area contributed by atoms with Crippen molar-refractivity contribution in [3.05, 3.63) is 33.7 Å². The van der Waals surface area contributed by atoms with E-state index in [1.165, 1.54) is 0 Å². The lowest BCUT2D eigenvalue weighted by molar-refractivity contribution is 0.173. The fraction of sp³-hybridized carbons (Fsp3) is 0.462. The predicted octanol–water partition coefficient (Wildman–Crippen LogP) is 1.63. The maximum atomic E-state index is 11.8. The lowest BCUT2D eigenvalue weighted by atomic mass is 10.0. The Morgan fingerprint density at radius 1 is 1.24 bits per heavy atom. The molecule has 0 aliphatic heterocycles. The van der Waals surface area contributed by atoms with Gasteiger partial charge in [0.2, 0.25) is 0 Å². The Labute approximate surface area is 100 Å². The highest BCUT2D eigenvalue weighted by molar-refractivity contribution is 5.78. The Balaban J connectivity index is 2.81. The number of aromatic nitrogens is 2. The van der Waals surface area contributed by atoms with Crippen LogP contribution >= 0.6 is 0 Å². The minimum atomic E-state index is -0.463. The second kappa shape index (κ2) is 4.04. The molecule has 1 heterocycles. The van der Waals surface area contributed by atoms with Gasteiger partial charge in [-0.25, -0.2) is 4.79 Å². The molecule has 1 aromatic carbocycles. The molecule has 1 unspecified atom stereocenters. The minimum Gasteiger partial charge on any atom is -0.388 e. The van der Waals surface area contributed by atoms with Crippen molar-refractivity contribution in [1.82, 2.24) is 9.13 Å². The highest BCUT2D eigenvalue weighted by Crippen LogP contribution is 2.25. The van der Waals surface area contributed by atoms with E-state index in [1.54, 1.807) is 23.2 Å². The van der Waals surface area contributed by atoms with Crippen LogP contribution in [0.4, 0.5) is 0 Å². The molecule has 2 rings (SSSR count). The number of benzene rings is 1. The van der Waals surface area contributed by atoms with Gasteiger partial charge in [-0.3, -0.25) is 9.13 Å². The van der Waals surface area contributed by atoms with Gasteiger partial charge in [-0.15, -0.1) is 0 Å². The predicted molar refractivity (Wildman–Crippen MR) is 68.1 cm³/mol. The number of rotatable bonds is 2. The average Bonchev–Trinajstić information content (AvgIpc) is 2.53. The van der Waals surface area contributed by atoms with E-state index in [9.17, 15) is 9.90 Å². The van der Waals surface area contributed by atoms with Crippen molar-refractivity contribution in [2.24, 2.45) is 14.1 Å². The molecule has 0 aliphatic rings. The van der Waals surface area contributed by atoms with E-state index in [2.05, 4.69) is 0 Å². The van der Waals surface area contributed by atoms with Crippen molar-refractivity contribution < 1.29 is 5.11 Å². The molecule has 17 heavy (non-hydrogen) atoms. The van der Waals surface area contributed by atoms with E-state index in [4.69, 9.17) is 0 Å². The summed E-state index contributed by atoms with van der Waals surface area (Å²) >= 11 is 0. The highest BCUT2D eigenvalue weighted by Gasteiger charge is 2.14. The first-order chi connectivity index (χ1) is 7.97. The van der Waals surface area contributed by atoms with Crippen LogP contribution in [0.2, 0.25) is 0 Å². The second-order valence-corrected chi connectivity index (χ2v) is 4.52. The lowest BCUT2D eigenvalue weighted by Crippen LogP contribution is -2.19. The number of imidazole rings is 1. The van der Waals surface area contributed by atoms with Gasteiger partial charge >= 0.3 is 5.69 Å². The largest absolute Gasteiger partial charge is 0.388 e. The average molecular weight is 234 g/mol. The van der Waals surface area contributed by atoms with Crippen molar-refractivity contribution in [2.75, 3.05) is 0 Å². The summed E-state index contributed by atoms with van der Waals surface area (Å²) in [5.41, 5.74) is 3.66. The van der Waals surface area contributed by atoms with Gasteiger partial charge in [-0.1, -0.05) is 6.92 Å². The van der Waals surface area contributed by atoms with Gasteiger partial charge in [0.15, 0.2) is 0 Å². The first-order valence-corrected chi connectivity index (χ1v) is 5.81. The zero-order chi connectivity index (χ0) is 12.7. The Morgan fingerprint density at radius 3 is 2.29 bits per heavy atom. The molecule has 92 valence electrons. The van der Waals surface area contributed by atoms with Crippen molar-refractivity contribution in [3.8, 4) is 0 Å². The van der Waals surface area contributed by atoms with Crippen molar-refractivity contribution in [2.45, 2.75) is 26.4 Å². The van der Waals surface area contributed by atoms with E-state index < -0.39 is 6.10 Å². The Hall–Kier alpha value is -1.55. The molecule has 0 amide bonds. The molecular weight excluding hydrogens is 216 g/mol. The topological polar surface area (TPSA) is 47.2 Å². The summed E-state index contributed by atoms with van der Waals surface area (Å²) < 4.78 is 3.24. The van der Waals surface area contributed by atoms with Gasteiger partial charge in [-0.05, 0) is 36.6 Å². The standard InChI is InChI=1S/C13H18N2O2/c1-5-12(16)9-7-11-10(6-8(9)2)14(3)13(17)15(11)4/h6-7,12,16H,5H2,1-4H3. The van der Waals surface area contributed by atoms with Crippen LogP contribution in [0.3, 0.4) is 0 Å². The quantitative estimate of drug-likeness (QED) is 0.858. The van der Waals surface area contributed by atoms with Crippen molar-refractivity contribution in [1.29, 1.82) is 0 Å². The molecule has 2 aromatic rings. The van der Waals surface area contributed by atoms with Crippen LogP contribution in [0.5, 0.6) is 0 Å². The third kappa shape index (κ3) is 1.69. The highest BCUT2D eigenvalue weighted by atomic mass is 16.3. The third-order valence-electron chi connectivity index (χ3n) is 3.41. The second-order valence-electron chi connectivity index (χ2n) is 4.52. The van der Waals surface area contributed by atoms with Crippen LogP contribution in [0.1, 0.15) is 30.6 Å². The number of aliphatic hydroxyl groups is 1. The molecule has 0 saturated carbocycles. The molecule has 0 saturated heterocycles. The number of nitrogens with zero attached hydrogens (tertiary/aromatic N) is 2. The van der Waals surface area contributed by atoms with Crippen LogP contribution < -0.4 is 5.69 Å². The first kappa shape index (κ1) is 11.9. The lowest BCUT2D eigenvalue weighted by Gasteiger charge is -2.12. The van der Waals surface area contributed by atoms with E-state index in [0.29, 0.717) is 6.42 Å². The molecule has 4 heteroatoms. The van der Waals surface area contributed by atoms with Gasteiger partial charge in [0.1, 0.15) is 0 Å². The number of fused-ring (bicyclic) bond motifs is 1. The minimum absolute atomic E-state index is 0.0393. The fourth-order valence-electron chi connectivity index (χ4n) is 2.24. The van der Waals surface area contributed by atoms with Crippen molar-refractivity contribution >= 4 is 11.0 Å². The molecule has 1 atom stereocenters. The zero-order valence-corrected chi connectivity index (χ0v) is 10.7. The van der Waals surface area contributed by atoms with E-state index in [1.807, 2.05) is 26.0 Å². The normalized spacial score (nSPS) is 13.2. The maximum Gasteiger partial charge on any atom is 0.328 e. The Morgan fingerprint density at radius 2 is 1.76 bits per heavy atom. The van der Waals surface area contributed by atoms with Gasteiger partial charge in [0, 0.05) is 14.1 Å². The summed E-state index contributed by atoms with van der Waals surface area (Å²) in [4.78, 5) is 11.8. The van der Waals surface area contributed by atoms with Gasteiger partial charge < -0.3 is 5.11 Å². The SMILES string of the molecule is CCC(O)c1cc2c(cc1C)n(C)c(=O)n2C. The molecule has 0 aliphatic carbocycles. The van der Waals surface area contributed by atoms with Gasteiger partial charge in [0.25, 0.3) is 0 Å². The van der Waals surface area contributed by atoms with Crippen LogP contribution in [-0.4, -0.2) is 14.2 Å². The molecule has 0 spiro atoms. The Kier molecular flexibility index (Phi) is 2.83. The molecular formula is C13H18N2O2. The van der Waals surface area contributed by atoms with E-state index in [0.717, 1.165) is 22.2 Å². The number of aliphatic hydroxyl groups excluding tert-OH is 1. The molecule has 4 nitrogen and oxygen atoms in total. The molecule has 1 aromatic heterocycles. The fourth-order valence-corrected chi connectivity index (χ4v) is 2.24. The monoisotopic (exact) mass is 234 g/mol. The summed E-state index contributed by atoms with van der Waals surface area (Å²) in [5, 5.41) is 9.94. The Bertz CT molecular complexity index is 622. The number of aryl methyl sites for hydroxylation is 3. The third-order valence-corrected chi connectivity index (χ3v) is 3.41. The van der Waals surface area contributed by atoms with Crippen molar-refractivity contribution in [3.63, 3.8) is 0 Å². The van der Waals surface area contributed by atoms with Crippen LogP contribution in [-0.2, 0) is 14.1 Å². The summed E-state index contributed by atoms with van der Waals surface area (Å²) in [6, 6.07) is 3.88. The first-order valence-electron chi connectivity index (χ1n) is 5.81. The van der Waals surface area contributed by atoms with Crippen LogP contribution in [0.25, 0.3) is 11.0 Å². The summed E-state index contributed by atoms with van der Waals surface area (Å²) in [6.07, 6.45) is 0.211. The molecule has 1 N–H and O–H groups in total. The van der Waals surface area contributed by atoms with Crippen LogP contribution in [0.15, 0.2) is 16.9 Å². The van der Waals surface area contributed by atoms with Crippen LogP contribution in [0, 0.1) is 6.92 Å². The summed E-state index contributed by atoms with van der Waals surface area (Å²) in [5.74, 6) is 0. The number of hydrogen-bond donors (Lipinski definition) is 1. The molecule has 0 fully saturated rings. The molecule has 0 radical (unpaired) electrons.